The molecule has 1 amide bonds. The third-order valence-corrected chi connectivity index (χ3v) is 5.57. The second-order valence-electron chi connectivity index (χ2n) is 6.72. The number of nitrogens with zero attached hydrogens (tertiary/aromatic N) is 1. The fourth-order valence-electron chi connectivity index (χ4n) is 4.19. The summed E-state index contributed by atoms with van der Waals surface area (Å²) >= 11 is 0. The van der Waals surface area contributed by atoms with Crippen molar-refractivity contribution in [2.45, 2.75) is 31.6 Å². The van der Waals surface area contributed by atoms with E-state index in [0.717, 1.165) is 32.6 Å². The molecule has 0 bridgehead atoms. The van der Waals surface area contributed by atoms with E-state index in [9.17, 15) is 4.79 Å². The number of rotatable bonds is 1. The SMILES string of the molecule is Cl.O=C(C1Cc2ccccc21)N1CCC2(CCNCC2)C1. The highest BCUT2D eigenvalue weighted by Crippen LogP contribution is 2.42. The van der Waals surface area contributed by atoms with E-state index in [1.54, 1.807) is 0 Å². The van der Waals surface area contributed by atoms with Crippen LogP contribution < -0.4 is 5.32 Å². The van der Waals surface area contributed by atoms with Crippen LogP contribution in [0.2, 0.25) is 0 Å². The molecule has 1 unspecified atom stereocenters. The van der Waals surface area contributed by atoms with E-state index < -0.39 is 0 Å². The van der Waals surface area contributed by atoms with Gasteiger partial charge in [0, 0.05) is 13.1 Å². The number of fused-ring (bicyclic) bond motifs is 1. The Kier molecular flexibility index (Phi) is 3.98. The molecule has 2 heterocycles. The minimum Gasteiger partial charge on any atom is -0.342 e. The summed E-state index contributed by atoms with van der Waals surface area (Å²) in [6, 6.07) is 8.39. The van der Waals surface area contributed by atoms with Crippen molar-refractivity contribution in [2.75, 3.05) is 26.2 Å². The van der Waals surface area contributed by atoms with Gasteiger partial charge in [-0.05, 0) is 55.3 Å². The van der Waals surface area contributed by atoms with E-state index >= 15 is 0 Å². The van der Waals surface area contributed by atoms with E-state index in [2.05, 4.69) is 34.5 Å². The number of benzene rings is 1. The fraction of sp³-hybridized carbons (Fsp3) is 0.588. The highest BCUT2D eigenvalue weighted by atomic mass is 35.5. The van der Waals surface area contributed by atoms with E-state index in [1.165, 1.54) is 30.4 Å². The summed E-state index contributed by atoms with van der Waals surface area (Å²) in [5.74, 6) is 0.516. The van der Waals surface area contributed by atoms with Gasteiger partial charge in [0.1, 0.15) is 0 Å². The van der Waals surface area contributed by atoms with E-state index in [1.807, 2.05) is 0 Å². The van der Waals surface area contributed by atoms with Gasteiger partial charge in [-0.15, -0.1) is 12.4 Å². The molecule has 1 aromatic rings. The number of halogens is 1. The third kappa shape index (κ3) is 2.47. The van der Waals surface area contributed by atoms with E-state index in [-0.39, 0.29) is 18.3 Å². The van der Waals surface area contributed by atoms with Crippen molar-refractivity contribution in [2.24, 2.45) is 5.41 Å². The van der Waals surface area contributed by atoms with Crippen molar-refractivity contribution in [3.63, 3.8) is 0 Å². The third-order valence-electron chi connectivity index (χ3n) is 5.57. The zero-order chi connectivity index (χ0) is 13.6. The predicted octanol–water partition coefficient (Wildman–Crippen LogP) is 2.35. The largest absolute Gasteiger partial charge is 0.342 e. The second-order valence-corrected chi connectivity index (χ2v) is 6.72. The Morgan fingerprint density at radius 3 is 2.71 bits per heavy atom. The molecule has 4 heteroatoms. The number of piperidine rings is 1. The van der Waals surface area contributed by atoms with Crippen molar-refractivity contribution in [3.05, 3.63) is 35.4 Å². The molecule has 0 saturated carbocycles. The molecule has 1 aliphatic carbocycles. The summed E-state index contributed by atoms with van der Waals surface area (Å²) in [6.07, 6.45) is 4.62. The number of nitrogens with one attached hydrogen (secondary N) is 1. The molecule has 2 aliphatic heterocycles. The van der Waals surface area contributed by atoms with Gasteiger partial charge in [-0.3, -0.25) is 4.79 Å². The van der Waals surface area contributed by atoms with E-state index in [0.29, 0.717) is 11.3 Å². The molecular formula is C17H23ClN2O. The number of likely N-dealkylation sites (tertiary alicyclic amines) is 1. The van der Waals surface area contributed by atoms with Gasteiger partial charge in [-0.25, -0.2) is 0 Å². The molecule has 0 radical (unpaired) electrons. The second kappa shape index (κ2) is 5.62. The molecule has 114 valence electrons. The first-order valence-electron chi connectivity index (χ1n) is 7.85. The minimum atomic E-state index is 0. The first-order chi connectivity index (χ1) is 9.77. The average molecular weight is 307 g/mol. The number of hydrogen-bond acceptors (Lipinski definition) is 2. The Bertz CT molecular complexity index is 539. The van der Waals surface area contributed by atoms with Gasteiger partial charge in [0.15, 0.2) is 0 Å². The molecule has 2 fully saturated rings. The van der Waals surface area contributed by atoms with Crippen LogP contribution in [0.15, 0.2) is 24.3 Å². The lowest BCUT2D eigenvalue weighted by Crippen LogP contribution is -2.42. The van der Waals surface area contributed by atoms with Crippen LogP contribution in [0, 0.1) is 5.41 Å². The summed E-state index contributed by atoms with van der Waals surface area (Å²) in [5, 5.41) is 3.43. The first-order valence-corrected chi connectivity index (χ1v) is 7.85. The minimum absolute atomic E-state index is 0. The lowest BCUT2D eigenvalue weighted by molar-refractivity contribution is -0.132. The van der Waals surface area contributed by atoms with Gasteiger partial charge in [0.2, 0.25) is 5.91 Å². The molecule has 1 atom stereocenters. The maximum atomic E-state index is 12.7. The Morgan fingerprint density at radius 2 is 1.95 bits per heavy atom. The number of amides is 1. The van der Waals surface area contributed by atoms with E-state index in [4.69, 9.17) is 0 Å². The maximum absolute atomic E-state index is 12.7. The predicted molar refractivity (Wildman–Crippen MR) is 85.9 cm³/mol. The molecular weight excluding hydrogens is 284 g/mol. The fourth-order valence-corrected chi connectivity index (χ4v) is 4.19. The van der Waals surface area contributed by atoms with Crippen LogP contribution in [0.25, 0.3) is 0 Å². The molecule has 21 heavy (non-hydrogen) atoms. The zero-order valence-corrected chi connectivity index (χ0v) is 13.1. The quantitative estimate of drug-likeness (QED) is 0.864. The van der Waals surface area contributed by atoms with Crippen LogP contribution in [0.5, 0.6) is 0 Å². The van der Waals surface area contributed by atoms with Crippen molar-refractivity contribution >= 4 is 18.3 Å². The number of carbonyl (C=O) groups excluding carboxylic acids is 1. The van der Waals surface area contributed by atoms with Gasteiger partial charge < -0.3 is 10.2 Å². The van der Waals surface area contributed by atoms with Gasteiger partial charge >= 0.3 is 0 Å². The molecule has 1 N–H and O–H groups in total. The molecule has 4 rings (SSSR count). The van der Waals surface area contributed by atoms with Crippen LogP contribution in [0.4, 0.5) is 0 Å². The summed E-state index contributed by atoms with van der Waals surface area (Å²) in [6.45, 7) is 4.20. The molecule has 0 aromatic heterocycles. The van der Waals surface area contributed by atoms with Crippen LogP contribution in [0.1, 0.15) is 36.3 Å². The van der Waals surface area contributed by atoms with Gasteiger partial charge in [0.25, 0.3) is 0 Å². The zero-order valence-electron chi connectivity index (χ0n) is 12.3. The van der Waals surface area contributed by atoms with Crippen molar-refractivity contribution in [1.29, 1.82) is 0 Å². The Morgan fingerprint density at radius 1 is 1.19 bits per heavy atom. The summed E-state index contributed by atoms with van der Waals surface area (Å²) in [5.41, 5.74) is 3.05. The average Bonchev–Trinajstić information content (AvgIpc) is 2.85. The van der Waals surface area contributed by atoms with Crippen molar-refractivity contribution in [3.8, 4) is 0 Å². The molecule has 3 aliphatic rings. The Hall–Kier alpha value is -1.06. The van der Waals surface area contributed by atoms with Crippen LogP contribution in [-0.4, -0.2) is 37.0 Å². The molecule has 1 spiro atoms. The van der Waals surface area contributed by atoms with Gasteiger partial charge in [-0.2, -0.15) is 0 Å². The van der Waals surface area contributed by atoms with Crippen LogP contribution >= 0.6 is 12.4 Å². The maximum Gasteiger partial charge on any atom is 0.230 e. The lowest BCUT2D eigenvalue weighted by atomic mass is 9.76. The summed E-state index contributed by atoms with van der Waals surface area (Å²) in [7, 11) is 0. The number of carbonyl (C=O) groups is 1. The molecule has 2 saturated heterocycles. The Labute approximate surface area is 132 Å². The topological polar surface area (TPSA) is 32.3 Å². The van der Waals surface area contributed by atoms with Gasteiger partial charge in [0.05, 0.1) is 5.92 Å². The summed E-state index contributed by atoms with van der Waals surface area (Å²) in [4.78, 5) is 14.9. The van der Waals surface area contributed by atoms with Crippen LogP contribution in [0.3, 0.4) is 0 Å². The molecule has 1 aromatic carbocycles. The Balaban J connectivity index is 0.00000132. The van der Waals surface area contributed by atoms with Gasteiger partial charge in [-0.1, -0.05) is 24.3 Å². The number of hydrogen-bond donors (Lipinski definition) is 1. The first kappa shape index (κ1) is 14.9. The lowest BCUT2D eigenvalue weighted by Gasteiger charge is -2.36. The van der Waals surface area contributed by atoms with Crippen molar-refractivity contribution < 1.29 is 4.79 Å². The molecule has 3 nitrogen and oxygen atoms in total. The highest BCUT2D eigenvalue weighted by molar-refractivity contribution is 5.87. The normalized spacial score (nSPS) is 25.9. The smallest absolute Gasteiger partial charge is 0.230 e. The highest BCUT2D eigenvalue weighted by Gasteiger charge is 2.43. The monoisotopic (exact) mass is 306 g/mol. The summed E-state index contributed by atoms with van der Waals surface area (Å²) < 4.78 is 0. The van der Waals surface area contributed by atoms with Crippen molar-refractivity contribution in [1.82, 2.24) is 10.2 Å². The van der Waals surface area contributed by atoms with Crippen LogP contribution in [-0.2, 0) is 11.2 Å². The standard InChI is InChI=1S/C17H22N2O.ClH/c20-16(15-11-13-3-1-2-4-14(13)15)19-10-7-17(12-19)5-8-18-9-6-17;/h1-4,15,18H,5-12H2;1H.